The van der Waals surface area contributed by atoms with Crippen LogP contribution in [0.3, 0.4) is 0 Å². The molecule has 0 fully saturated rings. The zero-order valence-electron chi connectivity index (χ0n) is 7.18. The molecule has 0 aromatic rings. The van der Waals surface area contributed by atoms with E-state index in [0.717, 1.165) is 19.4 Å². The van der Waals surface area contributed by atoms with Crippen molar-refractivity contribution in [3.05, 3.63) is 25.3 Å². The maximum Gasteiger partial charge on any atom is 0.0136 e. The van der Waals surface area contributed by atoms with Crippen molar-refractivity contribution >= 4 is 17.0 Å². The molecule has 0 aromatic heterocycles. The first-order valence-electron chi connectivity index (χ1n) is 3.80. The molecule has 0 rings (SSSR count). The Morgan fingerprint density at radius 3 is 2.00 bits per heavy atom. The normalized spacial score (nSPS) is 8.91. The molecule has 0 unspecified atom stereocenters. The molecule has 0 aliphatic heterocycles. The van der Waals surface area contributed by atoms with E-state index >= 15 is 0 Å². The summed E-state index contributed by atoms with van der Waals surface area (Å²) < 4.78 is 0. The van der Waals surface area contributed by atoms with Gasteiger partial charge in [-0.05, 0) is 19.4 Å². The van der Waals surface area contributed by atoms with E-state index in [4.69, 9.17) is 0 Å². The number of hydrogen-bond donors (Lipinski definition) is 1. The zero-order chi connectivity index (χ0) is 7.82. The van der Waals surface area contributed by atoms with Crippen LogP contribution in [0.15, 0.2) is 25.3 Å². The van der Waals surface area contributed by atoms with Crippen LogP contribution in [0.25, 0.3) is 0 Å². The molecule has 66 valence electrons. The van der Waals surface area contributed by atoms with E-state index in [0.29, 0.717) is 6.04 Å². The van der Waals surface area contributed by atoms with Crippen LogP contribution in [-0.2, 0) is 0 Å². The van der Waals surface area contributed by atoms with Crippen LogP contribution in [0.1, 0.15) is 19.8 Å². The van der Waals surface area contributed by atoms with E-state index in [1.807, 2.05) is 12.2 Å². The zero-order valence-corrected chi connectivity index (χ0v) is 8.89. The van der Waals surface area contributed by atoms with Crippen molar-refractivity contribution in [2.45, 2.75) is 25.8 Å². The highest BCUT2D eigenvalue weighted by Crippen LogP contribution is 1.98. The quantitative estimate of drug-likeness (QED) is 0.678. The summed E-state index contributed by atoms with van der Waals surface area (Å²) >= 11 is 0. The van der Waals surface area contributed by atoms with Gasteiger partial charge in [-0.2, -0.15) is 0 Å². The molecule has 0 saturated carbocycles. The van der Waals surface area contributed by atoms with Crippen molar-refractivity contribution < 1.29 is 0 Å². The predicted octanol–water partition coefficient (Wildman–Crippen LogP) is 2.69. The Kier molecular flexibility index (Phi) is 12.2. The summed E-state index contributed by atoms with van der Waals surface area (Å²) in [5.74, 6) is 0. The molecule has 0 spiro atoms. The van der Waals surface area contributed by atoms with Crippen LogP contribution in [0.5, 0.6) is 0 Å². The fourth-order valence-corrected chi connectivity index (χ4v) is 0.954. The Hall–Kier alpha value is -0.0800. The first kappa shape index (κ1) is 13.5. The molecule has 1 N–H and O–H groups in total. The highest BCUT2D eigenvalue weighted by Gasteiger charge is 1.99. The molecule has 2 heteroatoms. The van der Waals surface area contributed by atoms with Crippen LogP contribution in [0, 0.1) is 0 Å². The summed E-state index contributed by atoms with van der Waals surface area (Å²) in [5.41, 5.74) is 0. The van der Waals surface area contributed by atoms with Gasteiger partial charge in [-0.1, -0.05) is 19.1 Å². The van der Waals surface area contributed by atoms with Crippen LogP contribution in [0.2, 0.25) is 0 Å². The van der Waals surface area contributed by atoms with Gasteiger partial charge in [0, 0.05) is 6.04 Å². The number of hydrogen-bond acceptors (Lipinski definition) is 1. The summed E-state index contributed by atoms with van der Waals surface area (Å²) in [6, 6.07) is 0.542. The summed E-state index contributed by atoms with van der Waals surface area (Å²) in [6.45, 7) is 10.5. The third kappa shape index (κ3) is 7.82. The molecule has 0 atom stereocenters. The van der Waals surface area contributed by atoms with E-state index in [1.165, 1.54) is 0 Å². The molecule has 11 heavy (non-hydrogen) atoms. The largest absolute Gasteiger partial charge is 0.314 e. The third-order valence-electron chi connectivity index (χ3n) is 1.40. The Balaban J connectivity index is 0. The van der Waals surface area contributed by atoms with Crippen LogP contribution < -0.4 is 5.32 Å². The van der Waals surface area contributed by atoms with E-state index < -0.39 is 0 Å². The van der Waals surface area contributed by atoms with Gasteiger partial charge in [0.1, 0.15) is 0 Å². The minimum absolute atomic E-state index is 0. The van der Waals surface area contributed by atoms with Gasteiger partial charge in [0.25, 0.3) is 0 Å². The van der Waals surface area contributed by atoms with E-state index in [1.54, 1.807) is 0 Å². The average molecular weight is 220 g/mol. The van der Waals surface area contributed by atoms with Gasteiger partial charge in [0.15, 0.2) is 0 Å². The van der Waals surface area contributed by atoms with Crippen LogP contribution in [0.4, 0.5) is 0 Å². The Morgan fingerprint density at radius 2 is 1.73 bits per heavy atom. The van der Waals surface area contributed by atoms with Crippen LogP contribution >= 0.6 is 17.0 Å². The van der Waals surface area contributed by atoms with Gasteiger partial charge >= 0.3 is 0 Å². The highest BCUT2D eigenvalue weighted by atomic mass is 79.9. The Labute approximate surface area is 80.3 Å². The number of rotatable bonds is 6. The maximum atomic E-state index is 3.69. The molecule has 0 bridgehead atoms. The molecule has 0 heterocycles. The maximum absolute atomic E-state index is 3.69. The topological polar surface area (TPSA) is 12.0 Å². The average Bonchev–Trinajstić information content (AvgIpc) is 1.90. The molecule has 0 amide bonds. The SMILES string of the molecule is Br.C=CCC(CC=C)NCC. The summed E-state index contributed by atoms with van der Waals surface area (Å²) in [4.78, 5) is 0. The number of halogens is 1. The first-order valence-corrected chi connectivity index (χ1v) is 3.80. The predicted molar refractivity (Wildman–Crippen MR) is 57.4 cm³/mol. The highest BCUT2D eigenvalue weighted by molar-refractivity contribution is 8.93. The van der Waals surface area contributed by atoms with Gasteiger partial charge in [-0.3, -0.25) is 0 Å². The lowest BCUT2D eigenvalue weighted by Crippen LogP contribution is -2.27. The van der Waals surface area contributed by atoms with Crippen molar-refractivity contribution in [3.8, 4) is 0 Å². The van der Waals surface area contributed by atoms with Gasteiger partial charge in [0.05, 0.1) is 0 Å². The smallest absolute Gasteiger partial charge is 0.0136 e. The molecule has 0 aliphatic rings. The lowest BCUT2D eigenvalue weighted by molar-refractivity contribution is 0.538. The molecular formula is C9H18BrN. The van der Waals surface area contributed by atoms with Gasteiger partial charge in [-0.25, -0.2) is 0 Å². The lowest BCUT2D eigenvalue weighted by atomic mass is 10.1. The molecule has 0 aromatic carbocycles. The molecule has 0 radical (unpaired) electrons. The van der Waals surface area contributed by atoms with E-state index in [-0.39, 0.29) is 17.0 Å². The standard InChI is InChI=1S/C9H17N.BrH/c1-4-7-9(8-5-2)10-6-3;/h4-5,9-10H,1-2,6-8H2,3H3;1H. The number of nitrogens with one attached hydrogen (secondary N) is 1. The minimum atomic E-state index is 0. The van der Waals surface area contributed by atoms with Gasteiger partial charge in [-0.15, -0.1) is 30.1 Å². The lowest BCUT2D eigenvalue weighted by Gasteiger charge is -2.12. The van der Waals surface area contributed by atoms with E-state index in [2.05, 4.69) is 25.4 Å². The van der Waals surface area contributed by atoms with Crippen molar-refractivity contribution in [1.82, 2.24) is 5.32 Å². The van der Waals surface area contributed by atoms with Crippen molar-refractivity contribution in [2.24, 2.45) is 0 Å². The Morgan fingerprint density at radius 1 is 1.27 bits per heavy atom. The van der Waals surface area contributed by atoms with E-state index in [9.17, 15) is 0 Å². The molecule has 1 nitrogen and oxygen atoms in total. The summed E-state index contributed by atoms with van der Waals surface area (Å²) in [5, 5.41) is 3.34. The van der Waals surface area contributed by atoms with Crippen LogP contribution in [-0.4, -0.2) is 12.6 Å². The van der Waals surface area contributed by atoms with Crippen molar-refractivity contribution in [2.75, 3.05) is 6.54 Å². The fourth-order valence-electron chi connectivity index (χ4n) is 0.954. The monoisotopic (exact) mass is 219 g/mol. The minimum Gasteiger partial charge on any atom is -0.314 e. The molecule has 0 aliphatic carbocycles. The fraction of sp³-hybridized carbons (Fsp3) is 0.556. The van der Waals surface area contributed by atoms with Gasteiger partial charge in [0.2, 0.25) is 0 Å². The van der Waals surface area contributed by atoms with Crippen molar-refractivity contribution in [3.63, 3.8) is 0 Å². The van der Waals surface area contributed by atoms with Crippen molar-refractivity contribution in [1.29, 1.82) is 0 Å². The summed E-state index contributed by atoms with van der Waals surface area (Å²) in [6.07, 6.45) is 5.94. The second-order valence-electron chi connectivity index (χ2n) is 2.30. The van der Waals surface area contributed by atoms with Gasteiger partial charge < -0.3 is 5.32 Å². The third-order valence-corrected chi connectivity index (χ3v) is 1.40. The molecular weight excluding hydrogens is 202 g/mol. The molecule has 0 saturated heterocycles. The second kappa shape index (κ2) is 9.92. The summed E-state index contributed by atoms with van der Waals surface area (Å²) in [7, 11) is 0. The second-order valence-corrected chi connectivity index (χ2v) is 2.30. The first-order chi connectivity index (χ1) is 4.85. The Bertz CT molecular complexity index is 91.7.